The molecular formula is C46H52BClN16O4. The molecule has 0 spiro atoms. The molecule has 2 atom stereocenters. The summed E-state index contributed by atoms with van der Waals surface area (Å²) in [5, 5.41) is 14.9. The van der Waals surface area contributed by atoms with Crippen molar-refractivity contribution < 1.29 is 18.9 Å². The second-order valence-corrected chi connectivity index (χ2v) is 19.5. The molecule has 2 aliphatic carbocycles. The number of halogens is 1. The van der Waals surface area contributed by atoms with Crippen LogP contribution in [0, 0.1) is 0 Å². The van der Waals surface area contributed by atoms with Gasteiger partial charge in [-0.15, -0.1) is 0 Å². The fourth-order valence-corrected chi connectivity index (χ4v) is 9.29. The van der Waals surface area contributed by atoms with E-state index in [0.29, 0.717) is 40.5 Å². The highest BCUT2D eigenvalue weighted by Crippen LogP contribution is 2.43. The zero-order chi connectivity index (χ0) is 46.7. The van der Waals surface area contributed by atoms with E-state index in [1.54, 1.807) is 40.7 Å². The van der Waals surface area contributed by atoms with Crippen LogP contribution in [0.4, 0.5) is 44.2 Å². The molecule has 68 heavy (non-hydrogen) atoms. The van der Waals surface area contributed by atoms with E-state index in [0.717, 1.165) is 67.1 Å². The van der Waals surface area contributed by atoms with Crippen LogP contribution in [0.15, 0.2) is 86.2 Å². The normalized spacial score (nSPS) is 21.3. The molecule has 5 aliphatic heterocycles. The Kier molecular flexibility index (Phi) is 11.2. The van der Waals surface area contributed by atoms with Gasteiger partial charge in [-0.25, -0.2) is 29.5 Å². The Morgan fingerprint density at radius 1 is 0.647 bits per heavy atom. The molecule has 3 saturated heterocycles. The zero-order valence-corrected chi connectivity index (χ0v) is 39.1. The molecule has 0 radical (unpaired) electrons. The van der Waals surface area contributed by atoms with E-state index in [1.165, 1.54) is 38.1 Å². The Bertz CT molecular complexity index is 2810. The first kappa shape index (κ1) is 43.8. The first-order valence-corrected chi connectivity index (χ1v) is 23.6. The molecule has 20 nitrogen and oxygen atoms in total. The van der Waals surface area contributed by atoms with E-state index in [-0.39, 0.29) is 42.5 Å². The SMILES string of the molecule is CC1(C)OB(c2cnn(C3CC3)c2)OC1(C)C.O=C(Nc1cnccn1)N1c2nc(-c3cnn(C4CC4)c3)ccc2N2CC[C@H]1C2.O=C(Nc1cnccn1)N1c2nc(Cl)ccc2N2CC[C@H]1C2. The van der Waals surface area contributed by atoms with Gasteiger partial charge < -0.3 is 19.1 Å². The molecule has 6 aromatic heterocycles. The molecule has 7 aliphatic rings. The summed E-state index contributed by atoms with van der Waals surface area (Å²) in [6, 6.07) is 8.57. The minimum Gasteiger partial charge on any atom is -0.399 e. The van der Waals surface area contributed by atoms with Crippen LogP contribution in [0.3, 0.4) is 0 Å². The molecule has 350 valence electrons. The number of carbonyl (C=O) groups is 2. The van der Waals surface area contributed by atoms with Crippen molar-refractivity contribution >= 4 is 70.9 Å². The third kappa shape index (κ3) is 8.69. The molecule has 2 N–H and O–H groups in total. The summed E-state index contributed by atoms with van der Waals surface area (Å²) in [4.78, 5) is 59.3. The van der Waals surface area contributed by atoms with Crippen molar-refractivity contribution in [3.63, 3.8) is 0 Å². The Morgan fingerprint density at radius 3 is 1.72 bits per heavy atom. The summed E-state index contributed by atoms with van der Waals surface area (Å²) in [5.41, 5.74) is 4.20. The van der Waals surface area contributed by atoms with Gasteiger partial charge in [-0.2, -0.15) is 10.2 Å². The van der Waals surface area contributed by atoms with E-state index in [4.69, 9.17) is 25.9 Å². The molecule has 2 saturated carbocycles. The topological polar surface area (TPSA) is 203 Å². The number of hydrogen-bond donors (Lipinski definition) is 2. The molecule has 6 aromatic rings. The maximum absolute atomic E-state index is 13.1. The number of nitrogens with one attached hydrogen (secondary N) is 2. The van der Waals surface area contributed by atoms with Crippen molar-refractivity contribution in [3.8, 4) is 11.3 Å². The second-order valence-electron chi connectivity index (χ2n) is 19.1. The van der Waals surface area contributed by atoms with Crippen molar-refractivity contribution in [2.45, 2.75) is 102 Å². The van der Waals surface area contributed by atoms with Crippen LogP contribution in [-0.4, -0.2) is 118 Å². The molecule has 11 heterocycles. The van der Waals surface area contributed by atoms with E-state index in [2.05, 4.69) is 95.5 Å². The second kappa shape index (κ2) is 17.4. The van der Waals surface area contributed by atoms with E-state index in [1.807, 2.05) is 40.1 Å². The number of anilines is 6. The molecule has 13 rings (SSSR count). The van der Waals surface area contributed by atoms with Gasteiger partial charge in [-0.1, -0.05) is 11.6 Å². The first-order chi connectivity index (χ1) is 32.9. The summed E-state index contributed by atoms with van der Waals surface area (Å²) >= 11 is 6.01. The molecule has 0 unspecified atom stereocenters. The van der Waals surface area contributed by atoms with Gasteiger partial charge in [0.1, 0.15) is 5.15 Å². The van der Waals surface area contributed by atoms with Gasteiger partial charge >= 0.3 is 19.2 Å². The van der Waals surface area contributed by atoms with Crippen LogP contribution < -0.4 is 35.7 Å². The number of rotatable bonds is 6. The van der Waals surface area contributed by atoms with Crippen LogP contribution >= 0.6 is 11.6 Å². The quantitative estimate of drug-likeness (QED) is 0.138. The lowest BCUT2D eigenvalue weighted by Gasteiger charge is -2.35. The summed E-state index contributed by atoms with van der Waals surface area (Å²) in [6.07, 6.45) is 23.8. The summed E-state index contributed by atoms with van der Waals surface area (Å²) in [5.74, 6) is 2.14. The molecule has 22 heteroatoms. The Labute approximate surface area is 398 Å². The highest BCUT2D eigenvalue weighted by molar-refractivity contribution is 6.62. The van der Waals surface area contributed by atoms with E-state index >= 15 is 0 Å². The summed E-state index contributed by atoms with van der Waals surface area (Å²) < 4.78 is 16.0. The van der Waals surface area contributed by atoms with Gasteiger partial charge in [-0.05, 0) is 90.5 Å². The number of nitrogens with zero attached hydrogens (tertiary/aromatic N) is 14. The average molecular weight is 939 g/mol. The van der Waals surface area contributed by atoms with Crippen molar-refractivity contribution in [3.05, 3.63) is 91.4 Å². The van der Waals surface area contributed by atoms with Crippen molar-refractivity contribution in [2.75, 3.05) is 56.4 Å². The highest BCUT2D eigenvalue weighted by atomic mass is 35.5. The van der Waals surface area contributed by atoms with Gasteiger partial charge in [0.25, 0.3) is 0 Å². The van der Waals surface area contributed by atoms with Crippen molar-refractivity contribution in [2.24, 2.45) is 0 Å². The average Bonchev–Trinajstić information content (AvgIpc) is 4.09. The lowest BCUT2D eigenvalue weighted by molar-refractivity contribution is 0.00578. The van der Waals surface area contributed by atoms with Crippen LogP contribution in [-0.2, 0) is 9.31 Å². The van der Waals surface area contributed by atoms with Crippen molar-refractivity contribution in [1.29, 1.82) is 0 Å². The number of amides is 4. The summed E-state index contributed by atoms with van der Waals surface area (Å²) in [7, 11) is -0.285. The molecule has 4 amide bonds. The number of urea groups is 2. The van der Waals surface area contributed by atoms with E-state index in [9.17, 15) is 9.59 Å². The smallest absolute Gasteiger partial charge is 0.399 e. The van der Waals surface area contributed by atoms with Crippen molar-refractivity contribution in [1.82, 2.24) is 49.5 Å². The minimum atomic E-state index is -0.285. The fraction of sp³-hybridized carbons (Fsp3) is 0.435. The maximum atomic E-state index is 13.1. The highest BCUT2D eigenvalue weighted by Gasteiger charge is 2.52. The third-order valence-corrected chi connectivity index (χ3v) is 14.0. The monoisotopic (exact) mass is 938 g/mol. The predicted molar refractivity (Wildman–Crippen MR) is 257 cm³/mol. The Morgan fingerprint density at radius 2 is 1.18 bits per heavy atom. The molecule has 0 aromatic carbocycles. The first-order valence-electron chi connectivity index (χ1n) is 23.2. The minimum absolute atomic E-state index is 0.0927. The van der Waals surface area contributed by atoms with Gasteiger partial charge in [0.05, 0.1) is 71.0 Å². The lowest BCUT2D eigenvalue weighted by atomic mass is 9.82. The standard InChI is InChI=1S/C20H20N8O.C14H13ClN6O.C12H19BN2O2/c29-20(25-18-10-21-6-7-22-18)28-15-5-8-26(12-15)17-4-3-16(24-19(17)28)13-9-23-27(11-13)14-1-2-14;15-11-2-1-10-13(18-11)21(9-3-6-20(10)8-9)14(22)19-12-7-16-4-5-17-12;1-11(2)12(3,4)17-13(16-11)9-7-14-15(8-9)10-5-6-10/h3-4,6-7,9-11,14-15H,1-2,5,8,12H2,(H,22,25,29);1-2,4-5,7,9H,3,6,8H2,(H,17,19,22);7-8,10H,5-6H2,1-4H3/t15-;9-;/m00./s1. The van der Waals surface area contributed by atoms with Crippen LogP contribution in [0.25, 0.3) is 11.3 Å². The fourth-order valence-electron chi connectivity index (χ4n) is 9.15. The largest absolute Gasteiger partial charge is 0.498 e. The van der Waals surface area contributed by atoms with Crippen LogP contribution in [0.1, 0.15) is 78.3 Å². The molecular weight excluding hydrogens is 887 g/mol. The number of carbonyl (C=O) groups excluding carboxylic acids is 2. The third-order valence-electron chi connectivity index (χ3n) is 13.8. The van der Waals surface area contributed by atoms with Gasteiger partial charge in [0.15, 0.2) is 23.3 Å². The molecule has 4 bridgehead atoms. The van der Waals surface area contributed by atoms with Crippen LogP contribution in [0.5, 0.6) is 0 Å². The van der Waals surface area contributed by atoms with Gasteiger partial charge in [-0.3, -0.25) is 39.8 Å². The lowest BCUT2D eigenvalue weighted by Crippen LogP contribution is -2.48. The number of hydrogen-bond acceptors (Lipinski definition) is 14. The Hall–Kier alpha value is -6.71. The maximum Gasteiger partial charge on any atom is 0.498 e. The number of aromatic nitrogens is 10. The predicted octanol–water partition coefficient (Wildman–Crippen LogP) is 6.37. The summed E-state index contributed by atoms with van der Waals surface area (Å²) in [6.45, 7) is 11.7. The van der Waals surface area contributed by atoms with Crippen LogP contribution in [0.2, 0.25) is 5.15 Å². The van der Waals surface area contributed by atoms with Gasteiger partial charge in [0.2, 0.25) is 0 Å². The zero-order valence-electron chi connectivity index (χ0n) is 38.3. The van der Waals surface area contributed by atoms with E-state index < -0.39 is 0 Å². The number of fused-ring (bicyclic) bond motifs is 8. The number of pyridine rings is 2. The molecule has 5 fully saturated rings. The Balaban J connectivity index is 0.000000116. The van der Waals surface area contributed by atoms with Gasteiger partial charge in [0, 0.05) is 80.6 Å².